The summed E-state index contributed by atoms with van der Waals surface area (Å²) >= 11 is 0. The molecule has 0 heterocycles. The summed E-state index contributed by atoms with van der Waals surface area (Å²) in [5.41, 5.74) is -2.76. The van der Waals surface area contributed by atoms with E-state index in [1.165, 1.54) is 6.92 Å². The van der Waals surface area contributed by atoms with Crippen molar-refractivity contribution in [1.82, 2.24) is 0 Å². The first-order valence-electron chi connectivity index (χ1n) is 5.57. The molecule has 0 unspecified atom stereocenters. The zero-order valence-electron chi connectivity index (χ0n) is 10.6. The summed E-state index contributed by atoms with van der Waals surface area (Å²) in [4.78, 5) is 0. The lowest BCUT2D eigenvalue weighted by atomic mass is 10.1. The van der Waals surface area contributed by atoms with Gasteiger partial charge < -0.3 is 4.74 Å². The van der Waals surface area contributed by atoms with E-state index in [2.05, 4.69) is 4.74 Å². The molecule has 19 heavy (non-hydrogen) atoms. The highest BCUT2D eigenvalue weighted by Gasteiger charge is 2.37. The van der Waals surface area contributed by atoms with E-state index in [9.17, 15) is 26.3 Å². The molecule has 0 aliphatic rings. The van der Waals surface area contributed by atoms with Crippen LogP contribution in [0.25, 0.3) is 0 Å². The highest BCUT2D eigenvalue weighted by molar-refractivity contribution is 5.37. The Morgan fingerprint density at radius 1 is 0.842 bits per heavy atom. The lowest BCUT2D eigenvalue weighted by Crippen LogP contribution is -2.11. The summed E-state index contributed by atoms with van der Waals surface area (Å²) < 4.78 is 78.8. The maximum Gasteiger partial charge on any atom is 0.416 e. The Kier molecular flexibility index (Phi) is 6.18. The van der Waals surface area contributed by atoms with E-state index in [4.69, 9.17) is 0 Å². The molecule has 1 nitrogen and oxygen atoms in total. The average molecular weight is 288 g/mol. The van der Waals surface area contributed by atoms with Crippen LogP contribution in [0.3, 0.4) is 0 Å². The second-order valence-electron chi connectivity index (χ2n) is 3.17. The minimum absolute atomic E-state index is 0.0153. The topological polar surface area (TPSA) is 9.23 Å². The lowest BCUT2D eigenvalue weighted by molar-refractivity contribution is -0.143. The molecule has 0 atom stereocenters. The van der Waals surface area contributed by atoms with Gasteiger partial charge in [-0.25, -0.2) is 0 Å². The van der Waals surface area contributed by atoms with Crippen molar-refractivity contribution in [2.75, 3.05) is 6.61 Å². The van der Waals surface area contributed by atoms with Gasteiger partial charge in [-0.2, -0.15) is 26.3 Å². The molecule has 0 amide bonds. The van der Waals surface area contributed by atoms with Gasteiger partial charge >= 0.3 is 12.4 Å². The normalized spacial score (nSPS) is 11.6. The summed E-state index contributed by atoms with van der Waals surface area (Å²) in [5.74, 6) is -0.449. The van der Waals surface area contributed by atoms with Crippen molar-refractivity contribution < 1.29 is 31.1 Å². The molecule has 7 heteroatoms. The Hall–Kier alpha value is -1.40. The van der Waals surface area contributed by atoms with Crippen molar-refractivity contribution in [3.8, 4) is 5.75 Å². The Labute approximate surface area is 107 Å². The SMILES string of the molecule is CC.CCOc1cc(C(F)(F)F)cc(C(F)(F)F)c1. The molecular formula is C12H14F6O. The van der Waals surface area contributed by atoms with Crippen LogP contribution in [-0.2, 0) is 12.4 Å². The van der Waals surface area contributed by atoms with Crippen molar-refractivity contribution >= 4 is 0 Å². The minimum Gasteiger partial charge on any atom is -0.494 e. The van der Waals surface area contributed by atoms with Gasteiger partial charge in [-0.1, -0.05) is 13.8 Å². The highest BCUT2D eigenvalue weighted by Crippen LogP contribution is 2.38. The Balaban J connectivity index is 0.00000154. The molecule has 0 saturated heterocycles. The van der Waals surface area contributed by atoms with Crippen LogP contribution in [0.15, 0.2) is 18.2 Å². The number of ether oxygens (including phenoxy) is 1. The second-order valence-corrected chi connectivity index (χ2v) is 3.17. The number of halogens is 6. The Bertz CT molecular complexity index is 362. The summed E-state index contributed by atoms with van der Waals surface area (Å²) in [7, 11) is 0. The van der Waals surface area contributed by atoms with E-state index >= 15 is 0 Å². The van der Waals surface area contributed by atoms with E-state index in [1.807, 2.05) is 13.8 Å². The predicted molar refractivity (Wildman–Crippen MR) is 59.0 cm³/mol. The second kappa shape index (κ2) is 6.68. The van der Waals surface area contributed by atoms with Gasteiger partial charge in [0.2, 0.25) is 0 Å². The molecule has 0 N–H and O–H groups in total. The monoisotopic (exact) mass is 288 g/mol. The van der Waals surface area contributed by atoms with Gasteiger partial charge in [0.25, 0.3) is 0 Å². The lowest BCUT2D eigenvalue weighted by Gasteiger charge is -2.14. The summed E-state index contributed by atoms with van der Waals surface area (Å²) in [6, 6.07) is 1.14. The van der Waals surface area contributed by atoms with Crippen LogP contribution in [0.4, 0.5) is 26.3 Å². The summed E-state index contributed by atoms with van der Waals surface area (Å²) in [6.07, 6.45) is -9.68. The summed E-state index contributed by atoms with van der Waals surface area (Å²) in [6.45, 7) is 5.45. The molecule has 110 valence electrons. The van der Waals surface area contributed by atoms with Crippen molar-refractivity contribution in [1.29, 1.82) is 0 Å². The van der Waals surface area contributed by atoms with Gasteiger partial charge in [0, 0.05) is 0 Å². The van der Waals surface area contributed by atoms with Crippen LogP contribution < -0.4 is 4.74 Å². The number of benzene rings is 1. The number of rotatable bonds is 2. The maximum atomic E-state index is 12.4. The van der Waals surface area contributed by atoms with E-state index in [0.29, 0.717) is 12.1 Å². The highest BCUT2D eigenvalue weighted by atomic mass is 19.4. The van der Waals surface area contributed by atoms with Crippen LogP contribution in [0.1, 0.15) is 31.9 Å². The molecule has 0 radical (unpaired) electrons. The molecule has 0 saturated carbocycles. The molecule has 0 spiro atoms. The third-order valence-electron chi connectivity index (χ3n) is 1.87. The fourth-order valence-electron chi connectivity index (χ4n) is 1.18. The molecule has 0 fully saturated rings. The van der Waals surface area contributed by atoms with E-state index < -0.39 is 29.2 Å². The first-order chi connectivity index (χ1) is 8.64. The van der Waals surface area contributed by atoms with E-state index in [-0.39, 0.29) is 12.7 Å². The van der Waals surface area contributed by atoms with Crippen LogP contribution in [0.5, 0.6) is 5.75 Å². The first-order valence-corrected chi connectivity index (χ1v) is 5.57. The van der Waals surface area contributed by atoms with Gasteiger partial charge in [0.05, 0.1) is 17.7 Å². The zero-order valence-corrected chi connectivity index (χ0v) is 10.6. The summed E-state index contributed by atoms with van der Waals surface area (Å²) in [5, 5.41) is 0. The average Bonchev–Trinajstić information content (AvgIpc) is 2.29. The molecule has 0 aromatic heterocycles. The van der Waals surface area contributed by atoms with Gasteiger partial charge in [0.15, 0.2) is 0 Å². The molecular weight excluding hydrogens is 274 g/mol. The van der Waals surface area contributed by atoms with E-state index in [1.54, 1.807) is 0 Å². The predicted octanol–water partition coefficient (Wildman–Crippen LogP) is 5.15. The fourth-order valence-corrected chi connectivity index (χ4v) is 1.18. The third kappa shape index (κ3) is 5.40. The van der Waals surface area contributed by atoms with Gasteiger partial charge in [-0.15, -0.1) is 0 Å². The van der Waals surface area contributed by atoms with Crippen molar-refractivity contribution in [3.05, 3.63) is 29.3 Å². The molecule has 0 aliphatic carbocycles. The van der Waals surface area contributed by atoms with Crippen LogP contribution in [-0.4, -0.2) is 6.61 Å². The van der Waals surface area contributed by atoms with Crippen molar-refractivity contribution in [2.24, 2.45) is 0 Å². The molecule has 0 bridgehead atoms. The van der Waals surface area contributed by atoms with Crippen LogP contribution >= 0.6 is 0 Å². The fraction of sp³-hybridized carbons (Fsp3) is 0.500. The first kappa shape index (κ1) is 17.6. The van der Waals surface area contributed by atoms with Gasteiger partial charge in [-0.3, -0.25) is 0 Å². The van der Waals surface area contributed by atoms with Crippen molar-refractivity contribution in [3.63, 3.8) is 0 Å². The maximum absolute atomic E-state index is 12.4. The largest absolute Gasteiger partial charge is 0.494 e. The third-order valence-corrected chi connectivity index (χ3v) is 1.87. The van der Waals surface area contributed by atoms with Crippen molar-refractivity contribution in [2.45, 2.75) is 33.1 Å². The Morgan fingerprint density at radius 3 is 1.47 bits per heavy atom. The molecule has 1 aromatic rings. The smallest absolute Gasteiger partial charge is 0.416 e. The standard InChI is InChI=1S/C10H8F6O.C2H6/c1-2-17-8-4-6(9(11,12)13)3-7(5-8)10(14,15)16;1-2/h3-5H,2H2,1H3;1-2H3. The Morgan fingerprint density at radius 2 is 1.21 bits per heavy atom. The molecule has 1 rings (SSSR count). The molecule has 1 aromatic carbocycles. The zero-order chi connectivity index (χ0) is 15.3. The van der Waals surface area contributed by atoms with E-state index in [0.717, 1.165) is 0 Å². The van der Waals surface area contributed by atoms with Crippen LogP contribution in [0, 0.1) is 0 Å². The minimum atomic E-state index is -4.84. The number of alkyl halides is 6. The number of hydrogen-bond donors (Lipinski definition) is 0. The molecule has 0 aliphatic heterocycles. The van der Waals surface area contributed by atoms with Gasteiger partial charge in [0.1, 0.15) is 5.75 Å². The van der Waals surface area contributed by atoms with Crippen LogP contribution in [0.2, 0.25) is 0 Å². The number of hydrogen-bond acceptors (Lipinski definition) is 1. The quantitative estimate of drug-likeness (QED) is 0.684. The van der Waals surface area contributed by atoms with Gasteiger partial charge in [-0.05, 0) is 25.1 Å².